The maximum absolute atomic E-state index is 10.2. The van der Waals surface area contributed by atoms with Crippen LogP contribution in [0.5, 0.6) is 0 Å². The molecule has 0 aliphatic carbocycles. The van der Waals surface area contributed by atoms with Crippen LogP contribution in [-0.4, -0.2) is 67.2 Å². The van der Waals surface area contributed by atoms with Crippen LogP contribution < -0.4 is 5.32 Å². The summed E-state index contributed by atoms with van der Waals surface area (Å²) in [5.41, 5.74) is 1.14. The Hall–Kier alpha value is -0.980. The third-order valence-corrected chi connectivity index (χ3v) is 3.79. The molecule has 1 saturated heterocycles. The third-order valence-electron chi connectivity index (χ3n) is 3.79. The zero-order valence-corrected chi connectivity index (χ0v) is 12.4. The number of hydrogen-bond donors (Lipinski definition) is 3. The summed E-state index contributed by atoms with van der Waals surface area (Å²) in [6, 6.07) is 10.1. The Morgan fingerprint density at radius 1 is 1.19 bits per heavy atom. The van der Waals surface area contributed by atoms with E-state index in [1.807, 2.05) is 30.3 Å². The number of β-amino-alcohol motifs (C(OH)–C–C–N with tert-alkyl or cyclic N) is 1. The van der Waals surface area contributed by atoms with E-state index in [9.17, 15) is 10.2 Å². The fourth-order valence-corrected chi connectivity index (χ4v) is 2.63. The number of nitrogens with one attached hydrogen (secondary N) is 1. The number of benzene rings is 1. The Bertz CT molecular complexity index is 382. The molecule has 0 aromatic heterocycles. The summed E-state index contributed by atoms with van der Waals surface area (Å²) < 4.78 is 5.30. The maximum Gasteiger partial charge on any atom is 0.0791 e. The molecule has 5 heteroatoms. The van der Waals surface area contributed by atoms with E-state index < -0.39 is 6.10 Å². The summed E-state index contributed by atoms with van der Waals surface area (Å²) in [5.74, 6) is 0. The van der Waals surface area contributed by atoms with Gasteiger partial charge in [-0.3, -0.25) is 4.90 Å². The number of nitrogens with zero attached hydrogens (tertiary/aromatic N) is 1. The molecule has 1 aromatic carbocycles. The summed E-state index contributed by atoms with van der Waals surface area (Å²) >= 11 is 0. The van der Waals surface area contributed by atoms with Crippen LogP contribution in [-0.2, 0) is 4.74 Å². The first-order valence-electron chi connectivity index (χ1n) is 7.67. The van der Waals surface area contributed by atoms with Gasteiger partial charge in [-0.2, -0.15) is 0 Å². The van der Waals surface area contributed by atoms with Gasteiger partial charge in [0.25, 0.3) is 0 Å². The lowest BCUT2D eigenvalue weighted by Gasteiger charge is -2.29. The zero-order chi connectivity index (χ0) is 14.9. The molecular weight excluding hydrogens is 268 g/mol. The number of hydrogen-bond acceptors (Lipinski definition) is 5. The Balaban J connectivity index is 1.78. The van der Waals surface area contributed by atoms with Gasteiger partial charge in [-0.05, 0) is 12.0 Å². The van der Waals surface area contributed by atoms with E-state index in [1.165, 1.54) is 0 Å². The minimum absolute atomic E-state index is 0.0792. The van der Waals surface area contributed by atoms with Crippen LogP contribution >= 0.6 is 0 Å². The smallest absolute Gasteiger partial charge is 0.0791 e. The molecule has 2 unspecified atom stereocenters. The van der Waals surface area contributed by atoms with Crippen LogP contribution in [0.1, 0.15) is 18.0 Å². The predicted octanol–water partition coefficient (Wildman–Crippen LogP) is 0.393. The van der Waals surface area contributed by atoms with Crippen LogP contribution in [0.15, 0.2) is 30.3 Å². The molecule has 1 aromatic rings. The second-order valence-electron chi connectivity index (χ2n) is 5.45. The molecule has 118 valence electrons. The van der Waals surface area contributed by atoms with Crippen molar-refractivity contribution in [3.05, 3.63) is 35.9 Å². The Labute approximate surface area is 126 Å². The lowest BCUT2D eigenvalue weighted by molar-refractivity contribution is 0.0143. The predicted molar refractivity (Wildman–Crippen MR) is 82.2 cm³/mol. The monoisotopic (exact) mass is 294 g/mol. The number of aliphatic hydroxyl groups is 2. The third kappa shape index (κ3) is 5.73. The van der Waals surface area contributed by atoms with E-state index in [2.05, 4.69) is 10.2 Å². The SMILES string of the molecule is OCCC(NCC(O)CN1CCOCC1)c1ccccc1. The number of ether oxygens (including phenoxy) is 1. The number of rotatable bonds is 8. The van der Waals surface area contributed by atoms with Gasteiger partial charge in [-0.1, -0.05) is 30.3 Å². The van der Waals surface area contributed by atoms with Gasteiger partial charge in [-0.15, -0.1) is 0 Å². The average Bonchev–Trinajstić information content (AvgIpc) is 2.53. The highest BCUT2D eigenvalue weighted by Gasteiger charge is 2.16. The first kappa shape index (κ1) is 16.4. The molecule has 1 heterocycles. The highest BCUT2D eigenvalue weighted by atomic mass is 16.5. The largest absolute Gasteiger partial charge is 0.396 e. The van der Waals surface area contributed by atoms with Crippen LogP contribution in [0.3, 0.4) is 0 Å². The van der Waals surface area contributed by atoms with Crippen LogP contribution in [0.25, 0.3) is 0 Å². The van der Waals surface area contributed by atoms with Gasteiger partial charge in [0.2, 0.25) is 0 Å². The quantitative estimate of drug-likeness (QED) is 0.647. The standard InChI is InChI=1S/C16H26N2O3/c19-9-6-16(14-4-2-1-3-5-14)17-12-15(20)13-18-7-10-21-11-8-18/h1-5,15-17,19-20H,6-13H2. The van der Waals surface area contributed by atoms with Crippen LogP contribution in [0.2, 0.25) is 0 Å². The normalized spacial score (nSPS) is 19.3. The molecule has 5 nitrogen and oxygen atoms in total. The van der Waals surface area contributed by atoms with Crippen molar-refractivity contribution in [2.75, 3.05) is 46.0 Å². The summed E-state index contributed by atoms with van der Waals surface area (Å²) in [6.07, 6.45) is 0.238. The lowest BCUT2D eigenvalue weighted by atomic mass is 10.0. The molecule has 21 heavy (non-hydrogen) atoms. The van der Waals surface area contributed by atoms with Crippen molar-refractivity contribution in [3.8, 4) is 0 Å². The summed E-state index contributed by atoms with van der Waals surface area (Å²) in [5, 5.41) is 22.7. The fourth-order valence-electron chi connectivity index (χ4n) is 2.63. The highest BCUT2D eigenvalue weighted by Crippen LogP contribution is 2.15. The number of aliphatic hydroxyl groups excluding tert-OH is 2. The molecule has 1 fully saturated rings. The van der Waals surface area contributed by atoms with Crippen LogP contribution in [0.4, 0.5) is 0 Å². The number of morpholine rings is 1. The fraction of sp³-hybridized carbons (Fsp3) is 0.625. The van der Waals surface area contributed by atoms with E-state index in [0.29, 0.717) is 19.5 Å². The van der Waals surface area contributed by atoms with E-state index in [4.69, 9.17) is 4.74 Å². The second-order valence-corrected chi connectivity index (χ2v) is 5.45. The van der Waals surface area contributed by atoms with E-state index in [1.54, 1.807) is 0 Å². The Morgan fingerprint density at radius 2 is 1.90 bits per heavy atom. The zero-order valence-electron chi connectivity index (χ0n) is 12.4. The molecule has 1 aliphatic heterocycles. The van der Waals surface area contributed by atoms with Gasteiger partial charge < -0.3 is 20.3 Å². The van der Waals surface area contributed by atoms with Gasteiger partial charge in [0.15, 0.2) is 0 Å². The van der Waals surface area contributed by atoms with Crippen molar-refractivity contribution in [2.45, 2.75) is 18.6 Å². The minimum atomic E-state index is -0.409. The molecule has 0 saturated carbocycles. The van der Waals surface area contributed by atoms with Crippen molar-refractivity contribution in [1.82, 2.24) is 10.2 Å². The summed E-state index contributed by atoms with van der Waals surface area (Å²) in [4.78, 5) is 2.22. The average molecular weight is 294 g/mol. The maximum atomic E-state index is 10.2. The van der Waals surface area contributed by atoms with E-state index in [-0.39, 0.29) is 12.6 Å². The first-order chi connectivity index (χ1) is 10.3. The Kier molecular flexibility index (Phi) is 7.12. The van der Waals surface area contributed by atoms with Crippen molar-refractivity contribution in [1.29, 1.82) is 0 Å². The van der Waals surface area contributed by atoms with Gasteiger partial charge >= 0.3 is 0 Å². The van der Waals surface area contributed by atoms with E-state index >= 15 is 0 Å². The van der Waals surface area contributed by atoms with Crippen molar-refractivity contribution < 1.29 is 14.9 Å². The molecule has 0 bridgehead atoms. The van der Waals surface area contributed by atoms with E-state index in [0.717, 1.165) is 31.9 Å². The van der Waals surface area contributed by atoms with Gasteiger partial charge in [0.05, 0.1) is 19.3 Å². The van der Waals surface area contributed by atoms with Crippen molar-refractivity contribution >= 4 is 0 Å². The molecule has 2 rings (SSSR count). The first-order valence-corrected chi connectivity index (χ1v) is 7.67. The van der Waals surface area contributed by atoms with Gasteiger partial charge in [0.1, 0.15) is 0 Å². The van der Waals surface area contributed by atoms with Crippen molar-refractivity contribution in [3.63, 3.8) is 0 Å². The molecular formula is C16H26N2O3. The van der Waals surface area contributed by atoms with Gasteiger partial charge in [-0.25, -0.2) is 0 Å². The Morgan fingerprint density at radius 3 is 2.57 bits per heavy atom. The highest BCUT2D eigenvalue weighted by molar-refractivity contribution is 5.18. The molecule has 0 spiro atoms. The molecule has 3 N–H and O–H groups in total. The molecule has 0 amide bonds. The molecule has 0 radical (unpaired) electrons. The lowest BCUT2D eigenvalue weighted by Crippen LogP contribution is -2.44. The molecule has 2 atom stereocenters. The summed E-state index contributed by atoms with van der Waals surface area (Å²) in [7, 11) is 0. The molecule has 1 aliphatic rings. The second kappa shape index (κ2) is 9.12. The minimum Gasteiger partial charge on any atom is -0.396 e. The van der Waals surface area contributed by atoms with Gasteiger partial charge in [0, 0.05) is 38.8 Å². The summed E-state index contributed by atoms with van der Waals surface area (Å²) in [6.45, 7) is 4.58. The van der Waals surface area contributed by atoms with Crippen molar-refractivity contribution in [2.24, 2.45) is 0 Å². The van der Waals surface area contributed by atoms with Crippen LogP contribution in [0, 0.1) is 0 Å². The topological polar surface area (TPSA) is 65.0 Å².